The SMILES string of the molecule is Cn1c(=O)[nH]c(=O)c2[nH]c(Cc3cccc(F)c3)nc21. The van der Waals surface area contributed by atoms with E-state index in [2.05, 4.69) is 15.0 Å². The number of aromatic nitrogens is 4. The maximum absolute atomic E-state index is 13.1. The molecular weight excluding hydrogens is 263 g/mol. The van der Waals surface area contributed by atoms with E-state index in [4.69, 9.17) is 0 Å². The first-order chi connectivity index (χ1) is 9.54. The van der Waals surface area contributed by atoms with Crippen molar-refractivity contribution >= 4 is 11.2 Å². The van der Waals surface area contributed by atoms with Crippen LogP contribution in [-0.2, 0) is 13.5 Å². The molecule has 0 saturated carbocycles. The van der Waals surface area contributed by atoms with Gasteiger partial charge in [0.25, 0.3) is 5.56 Å². The van der Waals surface area contributed by atoms with Crippen molar-refractivity contribution in [3.05, 3.63) is 62.3 Å². The minimum Gasteiger partial charge on any atom is -0.336 e. The van der Waals surface area contributed by atoms with Crippen LogP contribution in [0.5, 0.6) is 0 Å². The van der Waals surface area contributed by atoms with Gasteiger partial charge in [-0.05, 0) is 17.7 Å². The molecule has 2 N–H and O–H groups in total. The molecule has 0 unspecified atom stereocenters. The number of nitrogens with one attached hydrogen (secondary N) is 2. The van der Waals surface area contributed by atoms with Crippen molar-refractivity contribution in [2.24, 2.45) is 7.05 Å². The Labute approximate surface area is 111 Å². The van der Waals surface area contributed by atoms with Gasteiger partial charge in [-0.25, -0.2) is 14.2 Å². The molecule has 2 heterocycles. The maximum atomic E-state index is 13.1. The topological polar surface area (TPSA) is 83.5 Å². The Kier molecular flexibility index (Phi) is 2.74. The van der Waals surface area contributed by atoms with E-state index < -0.39 is 11.2 Å². The average molecular weight is 274 g/mol. The second-order valence-corrected chi connectivity index (χ2v) is 4.51. The number of hydrogen-bond acceptors (Lipinski definition) is 3. The third-order valence-corrected chi connectivity index (χ3v) is 3.06. The molecule has 102 valence electrons. The summed E-state index contributed by atoms with van der Waals surface area (Å²) < 4.78 is 14.4. The molecule has 0 spiro atoms. The van der Waals surface area contributed by atoms with Gasteiger partial charge in [0.15, 0.2) is 5.65 Å². The Morgan fingerprint density at radius 2 is 2.10 bits per heavy atom. The monoisotopic (exact) mass is 274 g/mol. The zero-order valence-electron chi connectivity index (χ0n) is 10.6. The van der Waals surface area contributed by atoms with Gasteiger partial charge in [-0.2, -0.15) is 0 Å². The number of nitrogens with zero attached hydrogens (tertiary/aromatic N) is 2. The van der Waals surface area contributed by atoms with Crippen LogP contribution in [0.15, 0.2) is 33.9 Å². The van der Waals surface area contributed by atoms with Gasteiger partial charge in [-0.15, -0.1) is 0 Å². The summed E-state index contributed by atoms with van der Waals surface area (Å²) >= 11 is 0. The number of imidazole rings is 1. The molecule has 6 nitrogen and oxygen atoms in total. The number of rotatable bonds is 2. The normalized spacial score (nSPS) is 11.1. The molecule has 0 atom stereocenters. The van der Waals surface area contributed by atoms with Gasteiger partial charge in [0.05, 0.1) is 0 Å². The molecule has 20 heavy (non-hydrogen) atoms. The Morgan fingerprint density at radius 1 is 1.30 bits per heavy atom. The molecule has 0 aliphatic carbocycles. The number of benzene rings is 1. The lowest BCUT2D eigenvalue weighted by Crippen LogP contribution is -2.28. The number of halogens is 1. The van der Waals surface area contributed by atoms with Crippen LogP contribution in [0.3, 0.4) is 0 Å². The smallest absolute Gasteiger partial charge is 0.329 e. The summed E-state index contributed by atoms with van der Waals surface area (Å²) in [6, 6.07) is 6.13. The largest absolute Gasteiger partial charge is 0.336 e. The Hall–Kier alpha value is -2.70. The van der Waals surface area contributed by atoms with Crippen LogP contribution in [0.25, 0.3) is 11.2 Å². The predicted molar refractivity (Wildman–Crippen MR) is 71.2 cm³/mol. The van der Waals surface area contributed by atoms with Crippen LogP contribution in [0.4, 0.5) is 4.39 Å². The third kappa shape index (κ3) is 2.03. The van der Waals surface area contributed by atoms with Gasteiger partial charge in [-0.3, -0.25) is 14.3 Å². The molecule has 3 aromatic rings. The van der Waals surface area contributed by atoms with E-state index >= 15 is 0 Å². The molecule has 0 bridgehead atoms. The van der Waals surface area contributed by atoms with Gasteiger partial charge in [-0.1, -0.05) is 12.1 Å². The van der Waals surface area contributed by atoms with Crippen LogP contribution in [0, 0.1) is 5.82 Å². The summed E-state index contributed by atoms with van der Waals surface area (Å²) in [5.41, 5.74) is 0.210. The predicted octanol–water partition coefficient (Wildman–Crippen LogP) is 0.680. The third-order valence-electron chi connectivity index (χ3n) is 3.06. The van der Waals surface area contributed by atoms with Crippen LogP contribution in [0.1, 0.15) is 11.4 Å². The first-order valence-electron chi connectivity index (χ1n) is 5.97. The lowest BCUT2D eigenvalue weighted by molar-refractivity contribution is 0.626. The number of aromatic amines is 2. The highest BCUT2D eigenvalue weighted by Crippen LogP contribution is 2.10. The molecule has 0 aliphatic rings. The maximum Gasteiger partial charge on any atom is 0.329 e. The fraction of sp³-hybridized carbons (Fsp3) is 0.154. The van der Waals surface area contributed by atoms with Crippen LogP contribution in [-0.4, -0.2) is 19.5 Å². The Balaban J connectivity index is 2.10. The van der Waals surface area contributed by atoms with Crippen molar-refractivity contribution in [2.75, 3.05) is 0 Å². The molecule has 0 aliphatic heterocycles. The van der Waals surface area contributed by atoms with Crippen molar-refractivity contribution in [3.63, 3.8) is 0 Å². The fourth-order valence-corrected chi connectivity index (χ4v) is 2.08. The molecule has 3 rings (SSSR count). The number of H-pyrrole nitrogens is 2. The summed E-state index contributed by atoms with van der Waals surface area (Å²) in [6.45, 7) is 0. The van der Waals surface area contributed by atoms with Crippen molar-refractivity contribution < 1.29 is 4.39 Å². The molecule has 2 aromatic heterocycles. The lowest BCUT2D eigenvalue weighted by atomic mass is 10.1. The molecular formula is C13H11FN4O2. The zero-order valence-corrected chi connectivity index (χ0v) is 10.6. The number of hydrogen-bond donors (Lipinski definition) is 2. The summed E-state index contributed by atoms with van der Waals surface area (Å²) in [6.07, 6.45) is 0.347. The van der Waals surface area contributed by atoms with Gasteiger partial charge in [0.2, 0.25) is 0 Å². The summed E-state index contributed by atoms with van der Waals surface area (Å²) in [5, 5.41) is 0. The minimum absolute atomic E-state index is 0.235. The van der Waals surface area contributed by atoms with E-state index in [1.165, 1.54) is 23.7 Å². The van der Waals surface area contributed by atoms with Crippen molar-refractivity contribution in [2.45, 2.75) is 6.42 Å². The Morgan fingerprint density at radius 3 is 2.85 bits per heavy atom. The number of aryl methyl sites for hydroxylation is 1. The standard InChI is InChI=1S/C13H11FN4O2/c1-18-11-10(12(19)17-13(18)20)15-9(16-11)6-7-3-2-4-8(14)5-7/h2-5H,6H2,1H3,(H,15,16)(H,17,19,20). The second kappa shape index (κ2) is 4.44. The van der Waals surface area contributed by atoms with Crippen LogP contribution >= 0.6 is 0 Å². The van der Waals surface area contributed by atoms with E-state index in [-0.39, 0.29) is 17.0 Å². The zero-order chi connectivity index (χ0) is 14.3. The quantitative estimate of drug-likeness (QED) is 0.720. The van der Waals surface area contributed by atoms with E-state index in [9.17, 15) is 14.0 Å². The van der Waals surface area contributed by atoms with Crippen molar-refractivity contribution in [3.8, 4) is 0 Å². The second-order valence-electron chi connectivity index (χ2n) is 4.51. The molecule has 7 heteroatoms. The van der Waals surface area contributed by atoms with Gasteiger partial charge >= 0.3 is 5.69 Å². The van der Waals surface area contributed by atoms with Crippen molar-refractivity contribution in [1.82, 2.24) is 19.5 Å². The summed E-state index contributed by atoms with van der Waals surface area (Å²) in [7, 11) is 1.52. The van der Waals surface area contributed by atoms with Gasteiger partial charge < -0.3 is 4.98 Å². The van der Waals surface area contributed by atoms with E-state index in [1.807, 2.05) is 0 Å². The van der Waals surface area contributed by atoms with E-state index in [1.54, 1.807) is 12.1 Å². The number of fused-ring (bicyclic) bond motifs is 1. The van der Waals surface area contributed by atoms with Gasteiger partial charge in [0, 0.05) is 13.5 Å². The summed E-state index contributed by atoms with van der Waals surface area (Å²) in [5.74, 6) is 0.168. The first kappa shape index (κ1) is 12.3. The van der Waals surface area contributed by atoms with Crippen LogP contribution < -0.4 is 11.2 Å². The Bertz CT molecular complexity index is 907. The molecule has 0 saturated heterocycles. The van der Waals surface area contributed by atoms with E-state index in [0.29, 0.717) is 12.2 Å². The van der Waals surface area contributed by atoms with Gasteiger partial charge in [0.1, 0.15) is 17.2 Å². The molecule has 0 amide bonds. The lowest BCUT2D eigenvalue weighted by Gasteiger charge is -1.97. The minimum atomic E-state index is -0.522. The highest BCUT2D eigenvalue weighted by Gasteiger charge is 2.11. The highest BCUT2D eigenvalue weighted by molar-refractivity contribution is 5.69. The van der Waals surface area contributed by atoms with Crippen LogP contribution in [0.2, 0.25) is 0 Å². The fourth-order valence-electron chi connectivity index (χ4n) is 2.08. The summed E-state index contributed by atoms with van der Waals surface area (Å²) in [4.78, 5) is 32.4. The van der Waals surface area contributed by atoms with E-state index in [0.717, 1.165) is 5.56 Å². The molecule has 1 aromatic carbocycles. The first-order valence-corrected chi connectivity index (χ1v) is 5.97. The van der Waals surface area contributed by atoms with Crippen molar-refractivity contribution in [1.29, 1.82) is 0 Å². The molecule has 0 radical (unpaired) electrons. The average Bonchev–Trinajstić information content (AvgIpc) is 2.81. The highest BCUT2D eigenvalue weighted by atomic mass is 19.1. The molecule has 0 fully saturated rings.